The van der Waals surface area contributed by atoms with E-state index in [2.05, 4.69) is 4.99 Å². The Morgan fingerprint density at radius 1 is 1.15 bits per heavy atom. The second-order valence-electron chi connectivity index (χ2n) is 3.97. The van der Waals surface area contributed by atoms with Crippen LogP contribution < -0.4 is 4.74 Å². The minimum Gasteiger partial charge on any atom is -0.497 e. The topological polar surface area (TPSA) is 76.0 Å². The van der Waals surface area contributed by atoms with Gasteiger partial charge in [-0.1, -0.05) is 18.2 Å². The van der Waals surface area contributed by atoms with E-state index in [9.17, 15) is 9.59 Å². The van der Waals surface area contributed by atoms with Crippen molar-refractivity contribution in [2.24, 2.45) is 4.99 Å². The molecule has 0 aliphatic heterocycles. The van der Waals surface area contributed by atoms with Gasteiger partial charge < -0.3 is 9.84 Å². The third kappa shape index (κ3) is 2.74. The van der Waals surface area contributed by atoms with E-state index in [0.29, 0.717) is 0 Å². The average Bonchev–Trinajstić information content (AvgIpc) is 2.47. The summed E-state index contributed by atoms with van der Waals surface area (Å²) in [5.41, 5.74) is 1.67. The van der Waals surface area contributed by atoms with Crippen LogP contribution in [0.2, 0.25) is 0 Å². The van der Waals surface area contributed by atoms with Crippen LogP contribution in [0.3, 0.4) is 0 Å². The minimum atomic E-state index is -1.14. The van der Waals surface area contributed by atoms with Crippen molar-refractivity contribution in [1.82, 2.24) is 0 Å². The number of benzene rings is 2. The van der Waals surface area contributed by atoms with Crippen molar-refractivity contribution in [3.63, 3.8) is 0 Å². The van der Waals surface area contributed by atoms with E-state index in [0.717, 1.165) is 16.9 Å². The molecule has 0 saturated carbocycles. The van der Waals surface area contributed by atoms with Gasteiger partial charge in [-0.2, -0.15) is 4.99 Å². The number of methoxy groups -OCH3 is 1. The number of rotatable bonds is 4. The van der Waals surface area contributed by atoms with Crippen LogP contribution >= 0.6 is 0 Å². The van der Waals surface area contributed by atoms with Gasteiger partial charge in [-0.15, -0.1) is 0 Å². The number of carbonyl (C=O) groups excluding carboxylic acids is 1. The first-order valence-electron chi connectivity index (χ1n) is 5.75. The van der Waals surface area contributed by atoms with E-state index in [4.69, 9.17) is 9.84 Å². The Kier molecular flexibility index (Phi) is 3.93. The number of carboxylic acids is 1. The van der Waals surface area contributed by atoms with Crippen LogP contribution in [0.25, 0.3) is 11.1 Å². The van der Waals surface area contributed by atoms with E-state index in [-0.39, 0.29) is 11.3 Å². The highest BCUT2D eigenvalue weighted by Gasteiger charge is 2.11. The van der Waals surface area contributed by atoms with Crippen molar-refractivity contribution in [2.75, 3.05) is 7.11 Å². The first kappa shape index (κ1) is 13.5. The summed E-state index contributed by atoms with van der Waals surface area (Å²) in [7, 11) is 1.58. The predicted octanol–water partition coefficient (Wildman–Crippen LogP) is 3.03. The van der Waals surface area contributed by atoms with Gasteiger partial charge in [-0.25, -0.2) is 9.59 Å². The summed E-state index contributed by atoms with van der Waals surface area (Å²) in [4.78, 5) is 24.8. The lowest BCUT2D eigenvalue weighted by molar-refractivity contribution is 0.0698. The monoisotopic (exact) mass is 269 g/mol. The summed E-state index contributed by atoms with van der Waals surface area (Å²) >= 11 is 0. The van der Waals surface area contributed by atoms with E-state index in [1.54, 1.807) is 25.3 Å². The number of ether oxygens (including phenoxy) is 1. The highest BCUT2D eigenvalue weighted by molar-refractivity contribution is 5.95. The maximum atomic E-state index is 11.0. The molecule has 20 heavy (non-hydrogen) atoms. The predicted molar refractivity (Wildman–Crippen MR) is 73.2 cm³/mol. The highest BCUT2D eigenvalue weighted by atomic mass is 16.5. The molecule has 100 valence electrons. The molecule has 0 atom stereocenters. The Balaban J connectivity index is 2.49. The van der Waals surface area contributed by atoms with E-state index in [1.807, 2.05) is 12.1 Å². The van der Waals surface area contributed by atoms with Crippen LogP contribution in [0.5, 0.6) is 5.75 Å². The number of aliphatic imine (C=N–C) groups is 1. The molecule has 0 saturated heterocycles. The Morgan fingerprint density at radius 3 is 2.35 bits per heavy atom. The van der Waals surface area contributed by atoms with E-state index >= 15 is 0 Å². The van der Waals surface area contributed by atoms with Gasteiger partial charge >= 0.3 is 5.97 Å². The minimum absolute atomic E-state index is 0.0365. The Labute approximate surface area is 115 Å². The molecule has 0 fully saturated rings. The summed E-state index contributed by atoms with van der Waals surface area (Å²) in [6.45, 7) is 0. The molecule has 0 spiro atoms. The van der Waals surface area contributed by atoms with Crippen molar-refractivity contribution < 1.29 is 19.4 Å². The fraction of sp³-hybridized carbons (Fsp3) is 0.0667. The summed E-state index contributed by atoms with van der Waals surface area (Å²) in [6.07, 6.45) is 1.37. The zero-order chi connectivity index (χ0) is 14.5. The molecule has 0 aromatic heterocycles. The van der Waals surface area contributed by atoms with Gasteiger partial charge in [0, 0.05) is 0 Å². The maximum absolute atomic E-state index is 11.0. The lowest BCUT2D eigenvalue weighted by Gasteiger charge is -2.06. The molecule has 0 unspecified atom stereocenters. The van der Waals surface area contributed by atoms with Gasteiger partial charge in [0.25, 0.3) is 0 Å². The van der Waals surface area contributed by atoms with Crippen molar-refractivity contribution in [2.45, 2.75) is 0 Å². The summed E-state index contributed by atoms with van der Waals surface area (Å²) in [5.74, 6) is -0.415. The molecular weight excluding hydrogens is 258 g/mol. The smallest absolute Gasteiger partial charge is 0.337 e. The fourth-order valence-corrected chi connectivity index (χ4v) is 1.82. The molecule has 0 radical (unpaired) electrons. The van der Waals surface area contributed by atoms with Gasteiger partial charge in [-0.3, -0.25) is 0 Å². The second kappa shape index (κ2) is 5.82. The number of isocyanates is 1. The normalized spacial score (nSPS) is 9.65. The standard InChI is InChI=1S/C15H11NO4/c1-20-12-5-2-10(3-6-12)11-4-7-13(15(18)19)14(8-11)16-9-17/h2-8H,1H3,(H,18,19). The summed E-state index contributed by atoms with van der Waals surface area (Å²) < 4.78 is 5.07. The average molecular weight is 269 g/mol. The number of hydrogen-bond acceptors (Lipinski definition) is 4. The number of nitrogens with zero attached hydrogens (tertiary/aromatic N) is 1. The van der Waals surface area contributed by atoms with Crippen molar-refractivity contribution in [3.8, 4) is 16.9 Å². The lowest BCUT2D eigenvalue weighted by Crippen LogP contribution is -1.96. The van der Waals surface area contributed by atoms with Crippen LogP contribution in [-0.2, 0) is 4.79 Å². The molecule has 0 aliphatic carbocycles. The zero-order valence-electron chi connectivity index (χ0n) is 10.7. The van der Waals surface area contributed by atoms with Crippen molar-refractivity contribution in [1.29, 1.82) is 0 Å². The molecule has 2 rings (SSSR count). The first-order chi connectivity index (χ1) is 9.65. The quantitative estimate of drug-likeness (QED) is 0.683. The highest BCUT2D eigenvalue weighted by Crippen LogP contribution is 2.28. The van der Waals surface area contributed by atoms with E-state index < -0.39 is 5.97 Å². The van der Waals surface area contributed by atoms with Crippen molar-refractivity contribution in [3.05, 3.63) is 48.0 Å². The molecule has 2 aromatic rings. The molecule has 1 N–H and O–H groups in total. The van der Waals surface area contributed by atoms with Crippen LogP contribution in [0.15, 0.2) is 47.5 Å². The van der Waals surface area contributed by atoms with Crippen LogP contribution in [0.1, 0.15) is 10.4 Å². The SMILES string of the molecule is COc1ccc(-c2ccc(C(=O)O)c(N=C=O)c2)cc1. The van der Waals surface area contributed by atoms with Crippen LogP contribution in [0, 0.1) is 0 Å². The van der Waals surface area contributed by atoms with Gasteiger partial charge in [0.05, 0.1) is 18.4 Å². The van der Waals surface area contributed by atoms with Crippen LogP contribution in [-0.4, -0.2) is 24.3 Å². The summed E-state index contributed by atoms with van der Waals surface area (Å²) in [6, 6.07) is 11.9. The first-order valence-corrected chi connectivity index (χ1v) is 5.75. The molecule has 5 heteroatoms. The molecular formula is C15H11NO4. The summed E-state index contributed by atoms with van der Waals surface area (Å²) in [5, 5.41) is 9.02. The van der Waals surface area contributed by atoms with E-state index in [1.165, 1.54) is 18.2 Å². The van der Waals surface area contributed by atoms with Gasteiger partial charge in [0.1, 0.15) is 5.75 Å². The second-order valence-corrected chi connectivity index (χ2v) is 3.97. The zero-order valence-corrected chi connectivity index (χ0v) is 10.7. The maximum Gasteiger partial charge on any atom is 0.337 e. The van der Waals surface area contributed by atoms with Crippen molar-refractivity contribution >= 4 is 17.7 Å². The number of aromatic carboxylic acids is 1. The molecule has 5 nitrogen and oxygen atoms in total. The lowest BCUT2D eigenvalue weighted by atomic mass is 10.0. The molecule has 2 aromatic carbocycles. The molecule has 0 amide bonds. The third-order valence-corrected chi connectivity index (χ3v) is 2.82. The largest absolute Gasteiger partial charge is 0.497 e. The van der Waals surface area contributed by atoms with Crippen LogP contribution in [0.4, 0.5) is 5.69 Å². The Morgan fingerprint density at radius 2 is 1.80 bits per heavy atom. The van der Waals surface area contributed by atoms with Gasteiger partial charge in [0.15, 0.2) is 0 Å². The molecule has 0 heterocycles. The molecule has 0 aliphatic rings. The Hall–Kier alpha value is -2.91. The Bertz CT molecular complexity index is 686. The third-order valence-electron chi connectivity index (χ3n) is 2.82. The fourth-order valence-electron chi connectivity index (χ4n) is 1.82. The van der Waals surface area contributed by atoms with Gasteiger partial charge in [-0.05, 0) is 35.4 Å². The van der Waals surface area contributed by atoms with Gasteiger partial charge in [0.2, 0.25) is 6.08 Å². The number of carbonyl (C=O) groups is 1. The number of hydrogen-bond donors (Lipinski definition) is 1. The number of carboxylic acid groups (broad SMARTS) is 1. The molecule has 0 bridgehead atoms.